The van der Waals surface area contributed by atoms with E-state index in [0.717, 1.165) is 29.1 Å². The first kappa shape index (κ1) is 12.7. The fraction of sp³-hybridized carbons (Fsp3) is 0.0556. The Hall–Kier alpha value is -3.01. The third kappa shape index (κ3) is 2.24. The molecule has 0 unspecified atom stereocenters. The predicted octanol–water partition coefficient (Wildman–Crippen LogP) is 3.54. The lowest BCUT2D eigenvalue weighted by molar-refractivity contribution is 0.830. The van der Waals surface area contributed by atoms with Gasteiger partial charge in [0, 0.05) is 18.9 Å². The van der Waals surface area contributed by atoms with Crippen molar-refractivity contribution in [3.8, 4) is 11.5 Å². The number of fused-ring (bicyclic) bond motifs is 1. The van der Waals surface area contributed by atoms with Gasteiger partial charge in [-0.2, -0.15) is 0 Å². The summed E-state index contributed by atoms with van der Waals surface area (Å²) in [5, 5.41) is 0. The summed E-state index contributed by atoms with van der Waals surface area (Å²) in [5.41, 5.74) is 4.06. The van der Waals surface area contributed by atoms with Crippen LogP contribution in [0.3, 0.4) is 0 Å². The van der Waals surface area contributed by atoms with Gasteiger partial charge in [-0.3, -0.25) is 9.97 Å². The lowest BCUT2D eigenvalue weighted by Gasteiger charge is -2.09. The molecule has 4 heteroatoms. The fourth-order valence-corrected chi connectivity index (χ4v) is 2.60. The van der Waals surface area contributed by atoms with Crippen LogP contribution in [0.1, 0.15) is 5.56 Å². The zero-order valence-electron chi connectivity index (χ0n) is 11.9. The highest BCUT2D eigenvalue weighted by Crippen LogP contribution is 2.23. The van der Waals surface area contributed by atoms with E-state index >= 15 is 0 Å². The molecule has 0 aliphatic carbocycles. The minimum Gasteiger partial charge on any atom is -0.318 e. The summed E-state index contributed by atoms with van der Waals surface area (Å²) >= 11 is 0. The van der Waals surface area contributed by atoms with Crippen LogP contribution in [0.4, 0.5) is 0 Å². The van der Waals surface area contributed by atoms with E-state index in [-0.39, 0.29) is 0 Å². The Labute approximate surface area is 128 Å². The summed E-state index contributed by atoms with van der Waals surface area (Å²) in [4.78, 5) is 13.3. The average Bonchev–Trinajstić information content (AvgIpc) is 2.95. The number of benzene rings is 1. The van der Waals surface area contributed by atoms with Crippen molar-refractivity contribution in [3.63, 3.8) is 0 Å². The van der Waals surface area contributed by atoms with Crippen LogP contribution in [0, 0.1) is 0 Å². The van der Waals surface area contributed by atoms with Gasteiger partial charge in [0.05, 0.1) is 11.7 Å². The van der Waals surface area contributed by atoms with Crippen LogP contribution in [0.15, 0.2) is 73.2 Å². The molecule has 3 aromatic heterocycles. The lowest BCUT2D eigenvalue weighted by Crippen LogP contribution is -2.02. The van der Waals surface area contributed by atoms with Gasteiger partial charge in [0.25, 0.3) is 0 Å². The number of hydrogen-bond acceptors (Lipinski definition) is 3. The van der Waals surface area contributed by atoms with Gasteiger partial charge < -0.3 is 4.57 Å². The largest absolute Gasteiger partial charge is 0.318 e. The van der Waals surface area contributed by atoms with Gasteiger partial charge in [0.1, 0.15) is 11.2 Å². The Morgan fingerprint density at radius 2 is 1.73 bits per heavy atom. The molecule has 4 nitrogen and oxygen atoms in total. The first-order valence-electron chi connectivity index (χ1n) is 7.17. The number of rotatable bonds is 3. The van der Waals surface area contributed by atoms with Crippen molar-refractivity contribution in [2.45, 2.75) is 6.54 Å². The van der Waals surface area contributed by atoms with Gasteiger partial charge in [-0.05, 0) is 23.8 Å². The highest BCUT2D eigenvalue weighted by atomic mass is 15.1. The number of aromatic nitrogens is 4. The van der Waals surface area contributed by atoms with Gasteiger partial charge in [-0.1, -0.05) is 36.4 Å². The summed E-state index contributed by atoms with van der Waals surface area (Å²) in [5.74, 6) is 0.868. The third-order valence-electron chi connectivity index (χ3n) is 3.63. The number of pyridine rings is 2. The molecule has 4 rings (SSSR count). The van der Waals surface area contributed by atoms with Gasteiger partial charge >= 0.3 is 0 Å². The van der Waals surface area contributed by atoms with E-state index < -0.39 is 0 Å². The van der Waals surface area contributed by atoms with Crippen LogP contribution in [-0.4, -0.2) is 19.5 Å². The Balaban J connectivity index is 1.91. The molecule has 0 saturated heterocycles. The Morgan fingerprint density at radius 3 is 2.55 bits per heavy atom. The van der Waals surface area contributed by atoms with Crippen molar-refractivity contribution < 1.29 is 0 Å². The quantitative estimate of drug-likeness (QED) is 0.578. The SMILES string of the molecule is c1ccc(Cn2c(-c3ccccn3)nc3cnccc32)cc1. The molecule has 0 radical (unpaired) electrons. The van der Waals surface area contributed by atoms with Crippen LogP contribution < -0.4 is 0 Å². The number of hydrogen-bond donors (Lipinski definition) is 0. The molecule has 4 aromatic rings. The second-order valence-corrected chi connectivity index (χ2v) is 5.09. The Kier molecular flexibility index (Phi) is 3.12. The molecule has 0 atom stereocenters. The number of nitrogens with zero attached hydrogens (tertiary/aromatic N) is 4. The molecule has 1 aromatic carbocycles. The minimum atomic E-state index is 0.757. The normalized spacial score (nSPS) is 10.9. The van der Waals surface area contributed by atoms with E-state index in [1.807, 2.05) is 30.3 Å². The summed E-state index contributed by atoms with van der Waals surface area (Å²) in [6.45, 7) is 0.757. The highest BCUT2D eigenvalue weighted by molar-refractivity contribution is 5.79. The molecular weight excluding hydrogens is 272 g/mol. The van der Waals surface area contributed by atoms with Crippen LogP contribution in [0.2, 0.25) is 0 Å². The van der Waals surface area contributed by atoms with Crippen molar-refractivity contribution in [2.24, 2.45) is 0 Å². The summed E-state index contributed by atoms with van der Waals surface area (Å²) in [6, 6.07) is 18.2. The zero-order valence-corrected chi connectivity index (χ0v) is 11.9. The summed E-state index contributed by atoms with van der Waals surface area (Å²) < 4.78 is 2.19. The molecule has 0 amide bonds. The molecule has 106 valence electrons. The minimum absolute atomic E-state index is 0.757. The molecule has 0 N–H and O–H groups in total. The average molecular weight is 286 g/mol. The van der Waals surface area contributed by atoms with Gasteiger partial charge in [0.15, 0.2) is 5.82 Å². The molecule has 0 aliphatic heterocycles. The van der Waals surface area contributed by atoms with Crippen molar-refractivity contribution in [1.29, 1.82) is 0 Å². The van der Waals surface area contributed by atoms with E-state index in [1.54, 1.807) is 18.6 Å². The molecular formula is C18H14N4. The van der Waals surface area contributed by atoms with E-state index in [0.29, 0.717) is 0 Å². The Bertz CT molecular complexity index is 898. The van der Waals surface area contributed by atoms with E-state index in [2.05, 4.69) is 38.8 Å². The molecule has 22 heavy (non-hydrogen) atoms. The van der Waals surface area contributed by atoms with Crippen LogP contribution in [0.25, 0.3) is 22.6 Å². The predicted molar refractivity (Wildman–Crippen MR) is 86.3 cm³/mol. The molecule has 0 saturated carbocycles. The summed E-state index contributed by atoms with van der Waals surface area (Å²) in [7, 11) is 0. The van der Waals surface area contributed by atoms with Crippen molar-refractivity contribution >= 4 is 11.0 Å². The first-order valence-corrected chi connectivity index (χ1v) is 7.17. The van der Waals surface area contributed by atoms with E-state index in [4.69, 9.17) is 4.98 Å². The maximum Gasteiger partial charge on any atom is 0.160 e. The Morgan fingerprint density at radius 1 is 0.864 bits per heavy atom. The molecule has 3 heterocycles. The van der Waals surface area contributed by atoms with E-state index in [9.17, 15) is 0 Å². The molecule has 0 bridgehead atoms. The van der Waals surface area contributed by atoms with Crippen molar-refractivity contribution in [3.05, 3.63) is 78.8 Å². The van der Waals surface area contributed by atoms with Crippen molar-refractivity contribution in [1.82, 2.24) is 19.5 Å². The third-order valence-corrected chi connectivity index (χ3v) is 3.63. The second-order valence-electron chi connectivity index (χ2n) is 5.09. The monoisotopic (exact) mass is 286 g/mol. The molecule has 0 aliphatic rings. The standard InChI is InChI=1S/C18H14N4/c1-2-6-14(7-3-1)13-22-17-9-11-19-12-16(17)21-18(22)15-8-4-5-10-20-15/h1-12H,13H2. The fourth-order valence-electron chi connectivity index (χ4n) is 2.60. The van der Waals surface area contributed by atoms with Crippen LogP contribution in [-0.2, 0) is 6.54 Å². The maximum atomic E-state index is 4.72. The van der Waals surface area contributed by atoms with Crippen LogP contribution in [0.5, 0.6) is 0 Å². The van der Waals surface area contributed by atoms with Gasteiger partial charge in [0.2, 0.25) is 0 Å². The number of imidazole rings is 1. The smallest absolute Gasteiger partial charge is 0.160 e. The maximum absolute atomic E-state index is 4.72. The summed E-state index contributed by atoms with van der Waals surface area (Å²) in [6.07, 6.45) is 5.39. The van der Waals surface area contributed by atoms with Gasteiger partial charge in [-0.15, -0.1) is 0 Å². The second kappa shape index (κ2) is 5.41. The molecule has 0 spiro atoms. The zero-order chi connectivity index (χ0) is 14.8. The van der Waals surface area contributed by atoms with Crippen molar-refractivity contribution in [2.75, 3.05) is 0 Å². The van der Waals surface area contributed by atoms with E-state index in [1.165, 1.54) is 5.56 Å². The first-order chi connectivity index (χ1) is 10.9. The van der Waals surface area contributed by atoms with Crippen LogP contribution >= 0.6 is 0 Å². The lowest BCUT2D eigenvalue weighted by atomic mass is 10.2. The topological polar surface area (TPSA) is 43.6 Å². The van der Waals surface area contributed by atoms with Gasteiger partial charge in [-0.25, -0.2) is 4.98 Å². The highest BCUT2D eigenvalue weighted by Gasteiger charge is 2.13. The molecule has 0 fully saturated rings.